The third-order valence-corrected chi connectivity index (χ3v) is 2.32. The Kier molecular flexibility index (Phi) is 4.37. The molecule has 1 rings (SSSR count). The van der Waals surface area contributed by atoms with Gasteiger partial charge in [-0.05, 0) is 30.2 Å². The van der Waals surface area contributed by atoms with Crippen LogP contribution in [0.25, 0.3) is 0 Å². The Morgan fingerprint density at radius 3 is 2.87 bits per heavy atom. The molecule has 80 valence electrons. The number of carbonyl (C=O) groups excluding carboxylic acids is 1. The minimum Gasteiger partial charge on any atom is -0.488 e. The van der Waals surface area contributed by atoms with Gasteiger partial charge < -0.3 is 4.74 Å². The molecule has 0 aromatic heterocycles. The first-order valence-electron chi connectivity index (χ1n) is 4.71. The highest BCUT2D eigenvalue weighted by atomic mass is 35.5. The van der Waals surface area contributed by atoms with Gasteiger partial charge in [0.15, 0.2) is 0 Å². The molecule has 0 aliphatic rings. The zero-order valence-electron chi connectivity index (χ0n) is 8.63. The average molecular weight is 225 g/mol. The monoisotopic (exact) mass is 224 g/mol. The SMILES string of the molecule is C=C(CC)COc1ccc(C=O)cc1Cl. The normalized spacial score (nSPS) is 9.73. The molecule has 0 N–H and O–H groups in total. The average Bonchev–Trinajstić information content (AvgIpc) is 2.26. The Morgan fingerprint density at radius 1 is 1.60 bits per heavy atom. The van der Waals surface area contributed by atoms with Crippen LogP contribution >= 0.6 is 11.6 Å². The first-order valence-corrected chi connectivity index (χ1v) is 5.09. The first kappa shape index (κ1) is 11.8. The van der Waals surface area contributed by atoms with Gasteiger partial charge in [-0.2, -0.15) is 0 Å². The van der Waals surface area contributed by atoms with E-state index in [1.807, 2.05) is 6.92 Å². The maximum absolute atomic E-state index is 10.5. The van der Waals surface area contributed by atoms with Crippen LogP contribution in [0.1, 0.15) is 23.7 Å². The molecular weight excluding hydrogens is 212 g/mol. The third-order valence-electron chi connectivity index (χ3n) is 2.02. The van der Waals surface area contributed by atoms with E-state index < -0.39 is 0 Å². The van der Waals surface area contributed by atoms with Crippen LogP contribution in [0.3, 0.4) is 0 Å². The van der Waals surface area contributed by atoms with E-state index in [2.05, 4.69) is 6.58 Å². The summed E-state index contributed by atoms with van der Waals surface area (Å²) >= 11 is 5.92. The van der Waals surface area contributed by atoms with E-state index in [1.54, 1.807) is 18.2 Å². The van der Waals surface area contributed by atoms with E-state index in [-0.39, 0.29) is 0 Å². The molecule has 0 fully saturated rings. The molecule has 0 aliphatic heterocycles. The number of halogens is 1. The molecule has 0 aliphatic carbocycles. The second kappa shape index (κ2) is 5.56. The molecule has 0 atom stereocenters. The number of carbonyl (C=O) groups is 1. The van der Waals surface area contributed by atoms with Crippen molar-refractivity contribution in [2.24, 2.45) is 0 Å². The van der Waals surface area contributed by atoms with E-state index in [4.69, 9.17) is 16.3 Å². The Bertz CT molecular complexity index is 372. The van der Waals surface area contributed by atoms with E-state index >= 15 is 0 Å². The lowest BCUT2D eigenvalue weighted by atomic mass is 10.2. The summed E-state index contributed by atoms with van der Waals surface area (Å²) in [6.45, 7) is 6.30. The van der Waals surface area contributed by atoms with Gasteiger partial charge >= 0.3 is 0 Å². The van der Waals surface area contributed by atoms with E-state index in [1.165, 1.54) is 0 Å². The van der Waals surface area contributed by atoms with Crippen molar-refractivity contribution in [3.8, 4) is 5.75 Å². The van der Waals surface area contributed by atoms with Crippen LogP contribution in [0.2, 0.25) is 5.02 Å². The molecule has 0 heterocycles. The minimum atomic E-state index is 0.448. The van der Waals surface area contributed by atoms with Crippen molar-refractivity contribution in [3.05, 3.63) is 40.9 Å². The molecule has 2 nitrogen and oxygen atoms in total. The van der Waals surface area contributed by atoms with Gasteiger partial charge in [-0.15, -0.1) is 0 Å². The van der Waals surface area contributed by atoms with Crippen LogP contribution in [0, 0.1) is 0 Å². The van der Waals surface area contributed by atoms with Crippen LogP contribution in [-0.4, -0.2) is 12.9 Å². The Hall–Kier alpha value is -1.28. The van der Waals surface area contributed by atoms with Crippen molar-refractivity contribution >= 4 is 17.9 Å². The lowest BCUT2D eigenvalue weighted by Crippen LogP contribution is -2.00. The fourth-order valence-corrected chi connectivity index (χ4v) is 1.23. The third kappa shape index (κ3) is 3.40. The molecule has 0 radical (unpaired) electrons. The number of hydrogen-bond acceptors (Lipinski definition) is 2. The van der Waals surface area contributed by atoms with Gasteiger partial charge in [-0.25, -0.2) is 0 Å². The van der Waals surface area contributed by atoms with Crippen LogP contribution in [0.4, 0.5) is 0 Å². The fourth-order valence-electron chi connectivity index (χ4n) is 0.989. The number of rotatable bonds is 5. The van der Waals surface area contributed by atoms with Crippen LogP contribution in [0.15, 0.2) is 30.4 Å². The summed E-state index contributed by atoms with van der Waals surface area (Å²) in [6, 6.07) is 4.94. The molecule has 0 unspecified atom stereocenters. The van der Waals surface area contributed by atoms with Crippen molar-refractivity contribution in [1.82, 2.24) is 0 Å². The molecule has 15 heavy (non-hydrogen) atoms. The summed E-state index contributed by atoms with van der Waals surface area (Å²) in [5, 5.41) is 0.448. The zero-order valence-corrected chi connectivity index (χ0v) is 9.38. The molecule has 0 saturated carbocycles. The van der Waals surface area contributed by atoms with Gasteiger partial charge in [0, 0.05) is 5.56 Å². The quantitative estimate of drug-likeness (QED) is 0.565. The minimum absolute atomic E-state index is 0.448. The molecule has 0 amide bonds. The van der Waals surface area contributed by atoms with Gasteiger partial charge in [0.05, 0.1) is 5.02 Å². The van der Waals surface area contributed by atoms with Crippen molar-refractivity contribution < 1.29 is 9.53 Å². The van der Waals surface area contributed by atoms with Crippen LogP contribution < -0.4 is 4.74 Å². The Balaban J connectivity index is 2.70. The van der Waals surface area contributed by atoms with Gasteiger partial charge in [-0.1, -0.05) is 25.1 Å². The second-order valence-electron chi connectivity index (χ2n) is 3.20. The maximum atomic E-state index is 10.5. The molecule has 0 saturated heterocycles. The lowest BCUT2D eigenvalue weighted by molar-refractivity contribution is 0.112. The number of ether oxygens (including phenoxy) is 1. The van der Waals surface area contributed by atoms with E-state index in [0.717, 1.165) is 18.3 Å². The van der Waals surface area contributed by atoms with Gasteiger partial charge in [-0.3, -0.25) is 4.79 Å². The summed E-state index contributed by atoms with van der Waals surface area (Å²) in [5.74, 6) is 0.580. The Labute approximate surface area is 94.5 Å². The Morgan fingerprint density at radius 2 is 2.33 bits per heavy atom. The highest BCUT2D eigenvalue weighted by Crippen LogP contribution is 2.25. The van der Waals surface area contributed by atoms with E-state index in [0.29, 0.717) is 22.9 Å². The molecule has 3 heteroatoms. The van der Waals surface area contributed by atoms with Crippen molar-refractivity contribution in [3.63, 3.8) is 0 Å². The van der Waals surface area contributed by atoms with E-state index in [9.17, 15) is 4.79 Å². The number of aldehydes is 1. The zero-order chi connectivity index (χ0) is 11.3. The summed E-state index contributed by atoms with van der Waals surface area (Å²) in [6.07, 6.45) is 1.63. The standard InChI is InChI=1S/C12H13ClO2/c1-3-9(2)8-15-12-5-4-10(7-14)6-11(12)13/h4-7H,2-3,8H2,1H3. The van der Waals surface area contributed by atoms with Crippen molar-refractivity contribution in [2.75, 3.05) is 6.61 Å². The smallest absolute Gasteiger partial charge is 0.150 e. The lowest BCUT2D eigenvalue weighted by Gasteiger charge is -2.08. The molecule has 1 aromatic rings. The van der Waals surface area contributed by atoms with Gasteiger partial charge in [0.1, 0.15) is 18.6 Å². The highest BCUT2D eigenvalue weighted by molar-refractivity contribution is 6.32. The van der Waals surface area contributed by atoms with Gasteiger partial charge in [0.25, 0.3) is 0 Å². The van der Waals surface area contributed by atoms with Crippen LogP contribution in [-0.2, 0) is 0 Å². The molecular formula is C12H13ClO2. The topological polar surface area (TPSA) is 26.3 Å². The predicted molar refractivity (Wildman–Crippen MR) is 61.8 cm³/mol. The summed E-state index contributed by atoms with van der Waals surface area (Å²) in [5.41, 5.74) is 1.55. The van der Waals surface area contributed by atoms with Crippen molar-refractivity contribution in [1.29, 1.82) is 0 Å². The fraction of sp³-hybridized carbons (Fsp3) is 0.250. The first-order chi connectivity index (χ1) is 7.17. The molecule has 1 aromatic carbocycles. The molecule has 0 spiro atoms. The summed E-state index contributed by atoms with van der Waals surface area (Å²) < 4.78 is 5.44. The second-order valence-corrected chi connectivity index (χ2v) is 3.61. The summed E-state index contributed by atoms with van der Waals surface area (Å²) in [4.78, 5) is 10.5. The summed E-state index contributed by atoms with van der Waals surface area (Å²) in [7, 11) is 0. The number of hydrogen-bond donors (Lipinski definition) is 0. The van der Waals surface area contributed by atoms with Crippen molar-refractivity contribution in [2.45, 2.75) is 13.3 Å². The maximum Gasteiger partial charge on any atom is 0.150 e. The number of benzene rings is 1. The van der Waals surface area contributed by atoms with Gasteiger partial charge in [0.2, 0.25) is 0 Å². The van der Waals surface area contributed by atoms with Crippen LogP contribution in [0.5, 0.6) is 5.75 Å². The largest absolute Gasteiger partial charge is 0.488 e. The highest BCUT2D eigenvalue weighted by Gasteiger charge is 2.02. The molecule has 0 bridgehead atoms. The predicted octanol–water partition coefficient (Wildman–Crippen LogP) is 3.50.